The Morgan fingerprint density at radius 3 is 2.70 bits per heavy atom. The van der Waals surface area contributed by atoms with Crippen molar-refractivity contribution in [3.63, 3.8) is 0 Å². The van der Waals surface area contributed by atoms with Crippen LogP contribution in [0.4, 0.5) is 15.0 Å². The molecule has 120 valence electrons. The summed E-state index contributed by atoms with van der Waals surface area (Å²) in [6, 6.07) is 8.37. The van der Waals surface area contributed by atoms with E-state index in [1.807, 2.05) is 12.1 Å². The number of amides is 2. The number of aryl methyl sites for hydroxylation is 1. The van der Waals surface area contributed by atoms with E-state index in [9.17, 15) is 9.18 Å². The molecule has 0 aliphatic carbocycles. The molecule has 6 heteroatoms. The fraction of sp³-hybridized carbons (Fsp3) is 0.353. The quantitative estimate of drug-likeness (QED) is 0.925. The molecule has 2 amide bonds. The van der Waals surface area contributed by atoms with Crippen LogP contribution in [0.5, 0.6) is 0 Å². The fourth-order valence-electron chi connectivity index (χ4n) is 2.91. The normalized spacial score (nSPS) is 15.5. The van der Waals surface area contributed by atoms with Crippen LogP contribution in [0, 0.1) is 12.7 Å². The largest absolute Gasteiger partial charge is 0.324 e. The third-order valence-corrected chi connectivity index (χ3v) is 4.14. The van der Waals surface area contributed by atoms with Crippen molar-refractivity contribution >= 4 is 11.8 Å². The van der Waals surface area contributed by atoms with Gasteiger partial charge in [0.1, 0.15) is 17.5 Å². The first-order chi connectivity index (χ1) is 11.1. The Morgan fingerprint density at radius 1 is 1.26 bits per heavy atom. The van der Waals surface area contributed by atoms with Gasteiger partial charge < -0.3 is 4.90 Å². The molecular formula is C17H19FN4O. The van der Waals surface area contributed by atoms with Crippen LogP contribution >= 0.6 is 0 Å². The molecule has 2 heterocycles. The number of piperidine rings is 1. The molecule has 0 spiro atoms. The molecule has 1 aromatic heterocycles. The summed E-state index contributed by atoms with van der Waals surface area (Å²) in [6.45, 7) is 2.99. The van der Waals surface area contributed by atoms with Gasteiger partial charge in [-0.05, 0) is 43.4 Å². The smallest absolute Gasteiger partial charge is 0.323 e. The minimum absolute atomic E-state index is 0.160. The van der Waals surface area contributed by atoms with Gasteiger partial charge in [-0.3, -0.25) is 5.32 Å². The first-order valence-corrected chi connectivity index (χ1v) is 7.73. The zero-order valence-corrected chi connectivity index (χ0v) is 13.0. The summed E-state index contributed by atoms with van der Waals surface area (Å²) in [4.78, 5) is 22.2. The number of likely N-dealkylation sites (tertiary alicyclic amines) is 1. The Bertz CT molecular complexity index is 698. The highest BCUT2D eigenvalue weighted by molar-refractivity contribution is 5.88. The standard InChI is InChI=1S/C17H19FN4O/c1-12-19-9-6-16(20-12)21-17(23)22-10-7-13(8-11-22)14-4-2-3-5-15(14)18/h2-6,9,13H,7-8,10-11H2,1H3,(H,19,20,21,23). The number of carbonyl (C=O) groups is 1. The predicted molar refractivity (Wildman–Crippen MR) is 85.7 cm³/mol. The number of halogens is 1. The molecule has 23 heavy (non-hydrogen) atoms. The first-order valence-electron chi connectivity index (χ1n) is 7.73. The van der Waals surface area contributed by atoms with Gasteiger partial charge in [0, 0.05) is 19.3 Å². The number of nitrogens with zero attached hydrogens (tertiary/aromatic N) is 3. The van der Waals surface area contributed by atoms with Gasteiger partial charge in [0.25, 0.3) is 0 Å². The second-order valence-electron chi connectivity index (χ2n) is 5.70. The molecule has 2 aromatic rings. The summed E-state index contributed by atoms with van der Waals surface area (Å²) in [7, 11) is 0. The lowest BCUT2D eigenvalue weighted by Gasteiger charge is -2.32. The van der Waals surface area contributed by atoms with Crippen molar-refractivity contribution in [3.8, 4) is 0 Å². The minimum atomic E-state index is -0.171. The third-order valence-electron chi connectivity index (χ3n) is 4.14. The van der Waals surface area contributed by atoms with E-state index in [-0.39, 0.29) is 17.8 Å². The van der Waals surface area contributed by atoms with Gasteiger partial charge >= 0.3 is 6.03 Å². The molecule has 0 saturated carbocycles. The van der Waals surface area contributed by atoms with Crippen LogP contribution < -0.4 is 5.32 Å². The maximum atomic E-state index is 13.8. The number of hydrogen-bond acceptors (Lipinski definition) is 3. The molecule has 1 N–H and O–H groups in total. The van der Waals surface area contributed by atoms with Gasteiger partial charge in [0.2, 0.25) is 0 Å². The SMILES string of the molecule is Cc1nccc(NC(=O)N2CCC(c3ccccc3F)CC2)n1. The van der Waals surface area contributed by atoms with Gasteiger partial charge in [0.15, 0.2) is 0 Å². The van der Waals surface area contributed by atoms with Crippen molar-refractivity contribution in [2.75, 3.05) is 18.4 Å². The predicted octanol–water partition coefficient (Wildman–Crippen LogP) is 3.34. The summed E-state index contributed by atoms with van der Waals surface area (Å²) >= 11 is 0. The number of carbonyl (C=O) groups excluding carboxylic acids is 1. The lowest BCUT2D eigenvalue weighted by Crippen LogP contribution is -2.40. The highest BCUT2D eigenvalue weighted by Crippen LogP contribution is 2.29. The topological polar surface area (TPSA) is 58.1 Å². The molecule has 1 aliphatic heterocycles. The summed E-state index contributed by atoms with van der Waals surface area (Å²) in [5.41, 5.74) is 0.749. The van der Waals surface area contributed by atoms with Crippen LogP contribution in [0.15, 0.2) is 36.5 Å². The number of urea groups is 1. The lowest BCUT2D eigenvalue weighted by molar-refractivity contribution is 0.194. The van der Waals surface area contributed by atoms with Crippen molar-refractivity contribution in [1.82, 2.24) is 14.9 Å². The number of nitrogens with one attached hydrogen (secondary N) is 1. The van der Waals surface area contributed by atoms with Crippen LogP contribution in [0.1, 0.15) is 30.1 Å². The van der Waals surface area contributed by atoms with Gasteiger partial charge in [-0.2, -0.15) is 0 Å². The molecule has 0 radical (unpaired) electrons. The maximum Gasteiger partial charge on any atom is 0.323 e. The fourth-order valence-corrected chi connectivity index (χ4v) is 2.91. The van der Waals surface area contributed by atoms with E-state index in [2.05, 4.69) is 15.3 Å². The Hall–Kier alpha value is -2.50. The maximum absolute atomic E-state index is 13.8. The van der Waals surface area contributed by atoms with Crippen LogP contribution in [-0.4, -0.2) is 34.0 Å². The molecule has 5 nitrogen and oxygen atoms in total. The lowest BCUT2D eigenvalue weighted by atomic mass is 9.89. The molecule has 0 atom stereocenters. The van der Waals surface area contributed by atoms with Crippen molar-refractivity contribution < 1.29 is 9.18 Å². The van der Waals surface area contributed by atoms with Gasteiger partial charge in [-0.15, -0.1) is 0 Å². The highest BCUT2D eigenvalue weighted by Gasteiger charge is 2.25. The molecule has 3 rings (SSSR count). The Labute approximate surface area is 134 Å². The van der Waals surface area contributed by atoms with Gasteiger partial charge in [-0.1, -0.05) is 18.2 Å². The van der Waals surface area contributed by atoms with Crippen molar-refractivity contribution in [3.05, 3.63) is 53.7 Å². The van der Waals surface area contributed by atoms with E-state index in [4.69, 9.17) is 0 Å². The van der Waals surface area contributed by atoms with Crippen molar-refractivity contribution in [1.29, 1.82) is 0 Å². The second-order valence-corrected chi connectivity index (χ2v) is 5.70. The highest BCUT2D eigenvalue weighted by atomic mass is 19.1. The van der Waals surface area contributed by atoms with Gasteiger partial charge in [-0.25, -0.2) is 19.2 Å². The summed E-state index contributed by atoms with van der Waals surface area (Å²) in [5, 5.41) is 2.78. The van der Waals surface area contributed by atoms with Crippen molar-refractivity contribution in [2.45, 2.75) is 25.7 Å². The van der Waals surface area contributed by atoms with Crippen LogP contribution in [-0.2, 0) is 0 Å². The Morgan fingerprint density at radius 2 is 2.00 bits per heavy atom. The average molecular weight is 314 g/mol. The zero-order chi connectivity index (χ0) is 16.2. The zero-order valence-electron chi connectivity index (χ0n) is 13.0. The molecular weight excluding hydrogens is 295 g/mol. The van der Waals surface area contributed by atoms with E-state index in [0.717, 1.165) is 18.4 Å². The number of benzene rings is 1. The van der Waals surface area contributed by atoms with E-state index in [0.29, 0.717) is 24.7 Å². The van der Waals surface area contributed by atoms with E-state index in [1.54, 1.807) is 30.2 Å². The summed E-state index contributed by atoms with van der Waals surface area (Å²) in [6.07, 6.45) is 3.14. The molecule has 0 bridgehead atoms. The Balaban J connectivity index is 1.58. The number of rotatable bonds is 2. The molecule has 0 unspecified atom stereocenters. The molecule has 1 aromatic carbocycles. The van der Waals surface area contributed by atoms with Crippen molar-refractivity contribution in [2.24, 2.45) is 0 Å². The third kappa shape index (κ3) is 3.64. The van der Waals surface area contributed by atoms with E-state index >= 15 is 0 Å². The minimum Gasteiger partial charge on any atom is -0.324 e. The summed E-state index contributed by atoms with van der Waals surface area (Å²) in [5.74, 6) is 1.12. The molecule has 1 fully saturated rings. The molecule has 1 aliphatic rings. The summed E-state index contributed by atoms with van der Waals surface area (Å²) < 4.78 is 13.8. The average Bonchev–Trinajstić information content (AvgIpc) is 2.55. The van der Waals surface area contributed by atoms with Gasteiger partial charge in [0.05, 0.1) is 0 Å². The number of aromatic nitrogens is 2. The van der Waals surface area contributed by atoms with Crippen LogP contribution in [0.2, 0.25) is 0 Å². The second kappa shape index (κ2) is 6.73. The van der Waals surface area contributed by atoms with E-state index < -0.39 is 0 Å². The number of hydrogen-bond donors (Lipinski definition) is 1. The Kier molecular flexibility index (Phi) is 4.50. The monoisotopic (exact) mass is 314 g/mol. The van der Waals surface area contributed by atoms with Crippen LogP contribution in [0.3, 0.4) is 0 Å². The number of anilines is 1. The first kappa shape index (κ1) is 15.4. The van der Waals surface area contributed by atoms with E-state index in [1.165, 1.54) is 6.07 Å². The molecule has 1 saturated heterocycles. The van der Waals surface area contributed by atoms with Crippen LogP contribution in [0.25, 0.3) is 0 Å².